The second kappa shape index (κ2) is 5.96. The van der Waals surface area contributed by atoms with Crippen LogP contribution in [0.15, 0.2) is 54.6 Å². The molecule has 2 rings (SSSR count). The molecule has 0 aliphatic rings. The van der Waals surface area contributed by atoms with Crippen LogP contribution in [0.25, 0.3) is 0 Å². The fraction of sp³-hybridized carbons (Fsp3) is 0.125. The van der Waals surface area contributed by atoms with Gasteiger partial charge in [-0.25, -0.2) is 0 Å². The van der Waals surface area contributed by atoms with Crippen LogP contribution in [0.4, 0.5) is 0 Å². The van der Waals surface area contributed by atoms with Gasteiger partial charge in [0.15, 0.2) is 5.78 Å². The Morgan fingerprint density at radius 1 is 0.842 bits per heavy atom. The van der Waals surface area contributed by atoms with Crippen molar-refractivity contribution in [3.05, 3.63) is 71.3 Å². The zero-order chi connectivity index (χ0) is 13.7. The summed E-state index contributed by atoms with van der Waals surface area (Å²) in [5.41, 5.74) is 7.43. The molecule has 2 aromatic carbocycles. The fourth-order valence-corrected chi connectivity index (χ4v) is 1.85. The maximum atomic E-state index is 12.1. The van der Waals surface area contributed by atoms with Crippen LogP contribution in [0.2, 0.25) is 0 Å². The third-order valence-corrected chi connectivity index (χ3v) is 2.91. The molecule has 0 aliphatic carbocycles. The summed E-state index contributed by atoms with van der Waals surface area (Å²) in [6.45, 7) is 0. The maximum Gasteiger partial charge on any atom is 0.217 e. The lowest BCUT2D eigenvalue weighted by Crippen LogP contribution is -2.11. The Labute approximate surface area is 112 Å². The molecule has 3 nitrogen and oxygen atoms in total. The zero-order valence-electron chi connectivity index (χ0n) is 10.5. The van der Waals surface area contributed by atoms with Crippen molar-refractivity contribution in [1.29, 1.82) is 0 Å². The number of ketones is 1. The van der Waals surface area contributed by atoms with Gasteiger partial charge in [0.05, 0.1) is 0 Å². The molecule has 2 aromatic rings. The molecule has 19 heavy (non-hydrogen) atoms. The number of nitrogens with two attached hydrogens (primary N) is 1. The number of hydrogen-bond donors (Lipinski definition) is 1. The first-order chi connectivity index (χ1) is 9.16. The molecular weight excluding hydrogens is 238 g/mol. The van der Waals surface area contributed by atoms with Crippen molar-refractivity contribution in [2.45, 2.75) is 12.8 Å². The minimum Gasteiger partial charge on any atom is -0.370 e. The Hall–Kier alpha value is -2.42. The highest BCUT2D eigenvalue weighted by Gasteiger charge is 2.08. The Kier molecular flexibility index (Phi) is 4.08. The average Bonchev–Trinajstić information content (AvgIpc) is 2.46. The van der Waals surface area contributed by atoms with Crippen LogP contribution in [0.5, 0.6) is 0 Å². The predicted molar refractivity (Wildman–Crippen MR) is 73.8 cm³/mol. The molecule has 0 radical (unpaired) electrons. The SMILES string of the molecule is NC(=O)CCc1ccc(C(=O)c2ccccc2)cc1. The van der Waals surface area contributed by atoms with Crippen molar-refractivity contribution in [3.8, 4) is 0 Å². The van der Waals surface area contributed by atoms with Gasteiger partial charge in [-0.05, 0) is 12.0 Å². The van der Waals surface area contributed by atoms with Gasteiger partial charge in [-0.3, -0.25) is 9.59 Å². The number of carbonyl (C=O) groups is 2. The van der Waals surface area contributed by atoms with Gasteiger partial charge < -0.3 is 5.73 Å². The summed E-state index contributed by atoms with van der Waals surface area (Å²) in [6, 6.07) is 16.4. The molecule has 3 heteroatoms. The summed E-state index contributed by atoms with van der Waals surface area (Å²) in [4.78, 5) is 22.9. The van der Waals surface area contributed by atoms with E-state index >= 15 is 0 Å². The molecule has 2 N–H and O–H groups in total. The van der Waals surface area contributed by atoms with Crippen LogP contribution in [0, 0.1) is 0 Å². The summed E-state index contributed by atoms with van der Waals surface area (Å²) in [7, 11) is 0. The zero-order valence-corrected chi connectivity index (χ0v) is 10.5. The summed E-state index contributed by atoms with van der Waals surface area (Å²) >= 11 is 0. The van der Waals surface area contributed by atoms with Gasteiger partial charge in [0, 0.05) is 17.5 Å². The van der Waals surface area contributed by atoms with Crippen LogP contribution in [0.1, 0.15) is 27.9 Å². The van der Waals surface area contributed by atoms with Crippen molar-refractivity contribution in [3.63, 3.8) is 0 Å². The number of hydrogen-bond acceptors (Lipinski definition) is 2. The van der Waals surface area contributed by atoms with E-state index in [-0.39, 0.29) is 11.7 Å². The van der Waals surface area contributed by atoms with E-state index in [4.69, 9.17) is 5.73 Å². The Morgan fingerprint density at radius 2 is 1.42 bits per heavy atom. The predicted octanol–water partition coefficient (Wildman–Crippen LogP) is 2.34. The lowest BCUT2D eigenvalue weighted by molar-refractivity contribution is -0.117. The van der Waals surface area contributed by atoms with Crippen molar-refractivity contribution >= 4 is 11.7 Å². The minimum atomic E-state index is -0.315. The normalized spacial score (nSPS) is 10.1. The largest absolute Gasteiger partial charge is 0.370 e. The van der Waals surface area contributed by atoms with E-state index in [0.717, 1.165) is 5.56 Å². The monoisotopic (exact) mass is 253 g/mol. The highest BCUT2D eigenvalue weighted by atomic mass is 16.1. The van der Waals surface area contributed by atoms with Crippen LogP contribution in [-0.4, -0.2) is 11.7 Å². The number of aryl methyl sites for hydroxylation is 1. The van der Waals surface area contributed by atoms with E-state index < -0.39 is 0 Å². The molecule has 0 bridgehead atoms. The molecule has 0 fully saturated rings. The third-order valence-electron chi connectivity index (χ3n) is 2.91. The van der Waals surface area contributed by atoms with Crippen molar-refractivity contribution in [2.75, 3.05) is 0 Å². The van der Waals surface area contributed by atoms with E-state index in [1.165, 1.54) is 0 Å². The van der Waals surface area contributed by atoms with Gasteiger partial charge >= 0.3 is 0 Å². The van der Waals surface area contributed by atoms with Crippen LogP contribution in [-0.2, 0) is 11.2 Å². The summed E-state index contributed by atoms with van der Waals surface area (Å²) in [6.07, 6.45) is 0.932. The molecular formula is C16H15NO2. The smallest absolute Gasteiger partial charge is 0.217 e. The van der Waals surface area contributed by atoms with E-state index in [9.17, 15) is 9.59 Å². The van der Waals surface area contributed by atoms with Gasteiger partial charge in [-0.2, -0.15) is 0 Å². The molecule has 1 amide bonds. The molecule has 0 unspecified atom stereocenters. The third kappa shape index (κ3) is 3.52. The Balaban J connectivity index is 2.10. The lowest BCUT2D eigenvalue weighted by Gasteiger charge is -2.03. The second-order valence-electron chi connectivity index (χ2n) is 4.36. The van der Waals surface area contributed by atoms with Gasteiger partial charge in [-0.15, -0.1) is 0 Å². The number of benzene rings is 2. The fourth-order valence-electron chi connectivity index (χ4n) is 1.85. The Bertz CT molecular complexity index is 573. The van der Waals surface area contributed by atoms with Gasteiger partial charge in [0.2, 0.25) is 5.91 Å². The van der Waals surface area contributed by atoms with E-state index in [2.05, 4.69) is 0 Å². The first-order valence-electron chi connectivity index (χ1n) is 6.14. The molecule has 0 heterocycles. The van der Waals surface area contributed by atoms with Crippen LogP contribution >= 0.6 is 0 Å². The first kappa shape index (κ1) is 13.0. The average molecular weight is 253 g/mol. The number of primary amides is 1. The van der Waals surface area contributed by atoms with Crippen molar-refractivity contribution < 1.29 is 9.59 Å². The van der Waals surface area contributed by atoms with E-state index in [1.807, 2.05) is 30.3 Å². The van der Waals surface area contributed by atoms with Gasteiger partial charge in [-0.1, -0.05) is 54.6 Å². The summed E-state index contributed by atoms with van der Waals surface area (Å²) < 4.78 is 0. The molecule has 0 spiro atoms. The first-order valence-corrected chi connectivity index (χ1v) is 6.14. The molecule has 0 aliphatic heterocycles. The second-order valence-corrected chi connectivity index (χ2v) is 4.36. The molecule has 0 atom stereocenters. The van der Waals surface area contributed by atoms with Gasteiger partial charge in [0.1, 0.15) is 0 Å². The number of amides is 1. The summed E-state index contributed by atoms with van der Waals surface area (Å²) in [5, 5.41) is 0. The Morgan fingerprint density at radius 3 is 2.00 bits per heavy atom. The quantitative estimate of drug-likeness (QED) is 0.831. The van der Waals surface area contributed by atoms with Crippen LogP contribution in [0.3, 0.4) is 0 Å². The van der Waals surface area contributed by atoms with Gasteiger partial charge in [0.25, 0.3) is 0 Å². The van der Waals surface area contributed by atoms with Crippen molar-refractivity contribution in [1.82, 2.24) is 0 Å². The minimum absolute atomic E-state index is 0.00190. The van der Waals surface area contributed by atoms with Crippen LogP contribution < -0.4 is 5.73 Å². The number of carbonyl (C=O) groups excluding carboxylic acids is 2. The topological polar surface area (TPSA) is 60.2 Å². The highest BCUT2D eigenvalue weighted by Crippen LogP contribution is 2.12. The van der Waals surface area contributed by atoms with E-state index in [0.29, 0.717) is 24.0 Å². The number of rotatable bonds is 5. The van der Waals surface area contributed by atoms with E-state index in [1.54, 1.807) is 24.3 Å². The molecule has 0 aromatic heterocycles. The highest BCUT2D eigenvalue weighted by molar-refractivity contribution is 6.08. The molecule has 0 saturated heterocycles. The molecule has 96 valence electrons. The standard InChI is InChI=1S/C16H15NO2/c17-15(18)11-8-12-6-9-14(10-7-12)16(19)13-4-2-1-3-5-13/h1-7,9-10H,8,11H2,(H2,17,18). The molecule has 0 saturated carbocycles. The van der Waals surface area contributed by atoms with Crippen molar-refractivity contribution in [2.24, 2.45) is 5.73 Å². The lowest BCUT2D eigenvalue weighted by atomic mass is 10.0. The summed E-state index contributed by atoms with van der Waals surface area (Å²) in [5.74, 6) is -0.313. The maximum absolute atomic E-state index is 12.1.